The van der Waals surface area contributed by atoms with Crippen LogP contribution in [0.2, 0.25) is 0 Å². The predicted molar refractivity (Wildman–Crippen MR) is 60.5 cm³/mol. The fourth-order valence-electron chi connectivity index (χ4n) is 1.16. The van der Waals surface area contributed by atoms with Crippen molar-refractivity contribution in [2.75, 3.05) is 0 Å². The molecule has 2 aromatic rings. The molecule has 0 spiro atoms. The molecule has 0 saturated heterocycles. The van der Waals surface area contributed by atoms with Crippen molar-refractivity contribution in [1.29, 1.82) is 0 Å². The molecule has 0 aliphatic rings. The lowest BCUT2D eigenvalue weighted by Crippen LogP contribution is -2.07. The summed E-state index contributed by atoms with van der Waals surface area (Å²) >= 11 is 1.41. The first-order chi connectivity index (χ1) is 7.25. The van der Waals surface area contributed by atoms with Gasteiger partial charge < -0.3 is 4.74 Å². The van der Waals surface area contributed by atoms with Crippen molar-refractivity contribution in [2.24, 2.45) is 0 Å². The molecule has 0 radical (unpaired) electrons. The highest BCUT2D eigenvalue weighted by atomic mass is 32.1. The Labute approximate surface area is 92.1 Å². The normalized spacial score (nSPS) is 9.93. The smallest absolute Gasteiger partial charge is 0.344 e. The maximum absolute atomic E-state index is 11.6. The van der Waals surface area contributed by atoms with E-state index in [-0.39, 0.29) is 5.97 Å². The van der Waals surface area contributed by atoms with E-state index in [4.69, 9.17) is 4.74 Å². The van der Waals surface area contributed by atoms with Gasteiger partial charge in [0.1, 0.15) is 0 Å². The molecule has 0 N–H and O–H groups in total. The van der Waals surface area contributed by atoms with Gasteiger partial charge in [-0.15, -0.1) is 11.3 Å². The Morgan fingerprint density at radius 2 is 1.93 bits per heavy atom. The Bertz CT molecular complexity index is 443. The molecule has 15 heavy (non-hydrogen) atoms. The van der Waals surface area contributed by atoms with E-state index in [1.165, 1.54) is 11.3 Å². The second-order valence-corrected chi connectivity index (χ2v) is 4.10. The van der Waals surface area contributed by atoms with Crippen molar-refractivity contribution in [1.82, 2.24) is 0 Å². The summed E-state index contributed by atoms with van der Waals surface area (Å²) in [5.41, 5.74) is 1.71. The van der Waals surface area contributed by atoms with Crippen molar-refractivity contribution in [3.8, 4) is 5.06 Å². The van der Waals surface area contributed by atoms with E-state index in [9.17, 15) is 4.79 Å². The third-order valence-electron chi connectivity index (χ3n) is 1.98. The molecule has 1 heterocycles. The number of carbonyl (C=O) groups excluding carboxylic acids is 1. The lowest BCUT2D eigenvalue weighted by molar-refractivity contribution is 0.0740. The average molecular weight is 218 g/mol. The van der Waals surface area contributed by atoms with Crippen molar-refractivity contribution >= 4 is 17.3 Å². The van der Waals surface area contributed by atoms with E-state index in [1.807, 2.05) is 30.5 Å². The maximum atomic E-state index is 11.6. The van der Waals surface area contributed by atoms with E-state index in [0.717, 1.165) is 5.56 Å². The Kier molecular flexibility index (Phi) is 2.83. The van der Waals surface area contributed by atoms with Crippen LogP contribution in [0.5, 0.6) is 5.06 Å². The van der Waals surface area contributed by atoms with E-state index in [1.54, 1.807) is 18.2 Å². The minimum absolute atomic E-state index is 0.308. The van der Waals surface area contributed by atoms with Gasteiger partial charge in [0, 0.05) is 0 Å². The van der Waals surface area contributed by atoms with Gasteiger partial charge in [-0.05, 0) is 36.6 Å². The van der Waals surface area contributed by atoms with Crippen molar-refractivity contribution < 1.29 is 9.53 Å². The number of hydrogen-bond donors (Lipinski definition) is 0. The lowest BCUT2D eigenvalue weighted by Gasteiger charge is -2.01. The molecule has 3 heteroatoms. The number of carbonyl (C=O) groups is 1. The van der Waals surface area contributed by atoms with Gasteiger partial charge in [-0.2, -0.15) is 0 Å². The quantitative estimate of drug-likeness (QED) is 0.723. The van der Waals surface area contributed by atoms with Gasteiger partial charge in [0.15, 0.2) is 5.06 Å². The summed E-state index contributed by atoms with van der Waals surface area (Å²) in [6.07, 6.45) is 0. The molecule has 0 unspecified atom stereocenters. The molecular formula is C12H10O2S. The second-order valence-electron chi connectivity index (χ2n) is 3.19. The molecular weight excluding hydrogens is 208 g/mol. The summed E-state index contributed by atoms with van der Waals surface area (Å²) in [4.78, 5) is 11.6. The van der Waals surface area contributed by atoms with Crippen LogP contribution in [0.25, 0.3) is 0 Å². The number of ether oxygens (including phenoxy) is 1. The highest BCUT2D eigenvalue weighted by Gasteiger charge is 2.07. The van der Waals surface area contributed by atoms with Gasteiger partial charge in [0.05, 0.1) is 5.56 Å². The van der Waals surface area contributed by atoms with E-state index < -0.39 is 0 Å². The second kappa shape index (κ2) is 4.28. The highest BCUT2D eigenvalue weighted by molar-refractivity contribution is 7.11. The van der Waals surface area contributed by atoms with Gasteiger partial charge in [-0.3, -0.25) is 0 Å². The van der Waals surface area contributed by atoms with Gasteiger partial charge in [0.2, 0.25) is 0 Å². The van der Waals surface area contributed by atoms with Crippen LogP contribution in [-0.2, 0) is 0 Å². The Morgan fingerprint density at radius 3 is 2.53 bits per heavy atom. The van der Waals surface area contributed by atoms with Gasteiger partial charge in [-0.25, -0.2) is 4.79 Å². The third kappa shape index (κ3) is 2.44. The van der Waals surface area contributed by atoms with E-state index in [2.05, 4.69) is 0 Å². The van der Waals surface area contributed by atoms with Crippen LogP contribution >= 0.6 is 11.3 Å². The summed E-state index contributed by atoms with van der Waals surface area (Å²) in [6, 6.07) is 11.0. The molecule has 2 rings (SSSR count). The molecule has 0 saturated carbocycles. The first kappa shape index (κ1) is 9.93. The zero-order valence-corrected chi connectivity index (χ0v) is 9.08. The van der Waals surface area contributed by atoms with Crippen LogP contribution < -0.4 is 4.74 Å². The Balaban J connectivity index is 2.11. The first-order valence-electron chi connectivity index (χ1n) is 4.58. The number of esters is 1. The SMILES string of the molecule is Cc1ccc(C(=O)Oc2cccs2)cc1. The van der Waals surface area contributed by atoms with Crippen LogP contribution in [0.15, 0.2) is 41.8 Å². The van der Waals surface area contributed by atoms with E-state index in [0.29, 0.717) is 10.6 Å². The van der Waals surface area contributed by atoms with Gasteiger partial charge in [-0.1, -0.05) is 17.7 Å². The van der Waals surface area contributed by atoms with Crippen LogP contribution in [0, 0.1) is 6.92 Å². The number of benzene rings is 1. The molecule has 76 valence electrons. The van der Waals surface area contributed by atoms with Crippen LogP contribution in [0.3, 0.4) is 0 Å². The van der Waals surface area contributed by atoms with Crippen molar-refractivity contribution in [3.63, 3.8) is 0 Å². The Morgan fingerprint density at radius 1 is 1.20 bits per heavy atom. The standard InChI is InChI=1S/C12H10O2S/c1-9-4-6-10(7-5-9)12(13)14-11-3-2-8-15-11/h2-8H,1H3. The largest absolute Gasteiger partial charge is 0.412 e. The zero-order valence-electron chi connectivity index (χ0n) is 8.27. The molecule has 0 amide bonds. The molecule has 0 atom stereocenters. The molecule has 0 aliphatic heterocycles. The predicted octanol–water partition coefficient (Wildman–Crippen LogP) is 3.28. The van der Waals surface area contributed by atoms with E-state index >= 15 is 0 Å². The Hall–Kier alpha value is -1.61. The molecule has 2 nitrogen and oxygen atoms in total. The molecule has 0 bridgehead atoms. The fourth-order valence-corrected chi connectivity index (χ4v) is 1.73. The van der Waals surface area contributed by atoms with Gasteiger partial charge in [0.25, 0.3) is 0 Å². The lowest BCUT2D eigenvalue weighted by atomic mass is 10.1. The summed E-state index contributed by atoms with van der Waals surface area (Å²) < 4.78 is 5.16. The summed E-state index contributed by atoms with van der Waals surface area (Å²) in [5.74, 6) is -0.308. The summed E-state index contributed by atoms with van der Waals surface area (Å²) in [7, 11) is 0. The topological polar surface area (TPSA) is 26.3 Å². The molecule has 1 aromatic heterocycles. The monoisotopic (exact) mass is 218 g/mol. The number of thiophene rings is 1. The fraction of sp³-hybridized carbons (Fsp3) is 0.0833. The maximum Gasteiger partial charge on any atom is 0.344 e. The third-order valence-corrected chi connectivity index (χ3v) is 2.72. The number of aryl methyl sites for hydroxylation is 1. The summed E-state index contributed by atoms with van der Waals surface area (Å²) in [5, 5.41) is 2.50. The highest BCUT2D eigenvalue weighted by Crippen LogP contribution is 2.19. The minimum Gasteiger partial charge on any atom is -0.412 e. The molecule has 0 fully saturated rings. The van der Waals surface area contributed by atoms with Crippen molar-refractivity contribution in [3.05, 3.63) is 52.9 Å². The summed E-state index contributed by atoms with van der Waals surface area (Å²) in [6.45, 7) is 1.98. The van der Waals surface area contributed by atoms with Crippen LogP contribution in [-0.4, -0.2) is 5.97 Å². The zero-order chi connectivity index (χ0) is 10.7. The first-order valence-corrected chi connectivity index (χ1v) is 5.46. The minimum atomic E-state index is -0.308. The number of hydrogen-bond acceptors (Lipinski definition) is 3. The van der Waals surface area contributed by atoms with Crippen LogP contribution in [0.4, 0.5) is 0 Å². The van der Waals surface area contributed by atoms with Crippen molar-refractivity contribution in [2.45, 2.75) is 6.92 Å². The van der Waals surface area contributed by atoms with Crippen LogP contribution in [0.1, 0.15) is 15.9 Å². The molecule has 0 aliphatic carbocycles. The average Bonchev–Trinajstić information content (AvgIpc) is 2.71. The number of rotatable bonds is 2. The van der Waals surface area contributed by atoms with Gasteiger partial charge >= 0.3 is 5.97 Å². The molecule has 1 aromatic carbocycles.